The molecule has 0 spiro atoms. The molecule has 0 bridgehead atoms. The van der Waals surface area contributed by atoms with Crippen LogP contribution in [0.2, 0.25) is 0 Å². The third-order valence-corrected chi connectivity index (χ3v) is 4.22. The highest BCUT2D eigenvalue weighted by atomic mass is 31.2. The van der Waals surface area contributed by atoms with Crippen molar-refractivity contribution in [2.24, 2.45) is 11.0 Å². The third kappa shape index (κ3) is 18.3. The van der Waals surface area contributed by atoms with Gasteiger partial charge in [0.2, 0.25) is 0 Å². The molecule has 0 radical (unpaired) electrons. The maximum Gasteiger partial charge on any atom is 0.176 e. The molecule has 0 aliphatic rings. The molecule has 0 saturated carbocycles. The first kappa shape index (κ1) is 20.3. The molecule has 0 heterocycles. The van der Waals surface area contributed by atoms with Crippen LogP contribution in [0.1, 0.15) is 96.8 Å². The van der Waals surface area contributed by atoms with Crippen LogP contribution >= 0.6 is 8.45 Å². The van der Waals surface area contributed by atoms with Crippen LogP contribution in [-0.2, 0) is 4.52 Å². The zero-order valence-corrected chi connectivity index (χ0v) is 14.5. The van der Waals surface area contributed by atoms with Crippen molar-refractivity contribution >= 4 is 8.45 Å². The van der Waals surface area contributed by atoms with Crippen LogP contribution in [0.5, 0.6) is 0 Å². The summed E-state index contributed by atoms with van der Waals surface area (Å²) in [5.41, 5.74) is 10.7. The zero-order chi connectivity index (χ0) is 14.9. The van der Waals surface area contributed by atoms with E-state index in [1.807, 2.05) is 0 Å². The molecule has 0 fully saturated rings. The summed E-state index contributed by atoms with van der Waals surface area (Å²) in [7, 11) is -1.14. The second-order valence-corrected chi connectivity index (χ2v) is 6.77. The minimum absolute atomic E-state index is 0.733. The van der Waals surface area contributed by atoms with Crippen molar-refractivity contribution in [2.75, 3.05) is 6.61 Å². The van der Waals surface area contributed by atoms with Gasteiger partial charge in [-0.05, 0) is 6.42 Å². The lowest BCUT2D eigenvalue weighted by Crippen LogP contribution is -2.03. The van der Waals surface area contributed by atoms with Crippen LogP contribution in [0.25, 0.3) is 0 Å². The van der Waals surface area contributed by atoms with Crippen molar-refractivity contribution in [3.05, 3.63) is 0 Å². The van der Waals surface area contributed by atoms with Gasteiger partial charge in [0.05, 0.1) is 6.61 Å². The van der Waals surface area contributed by atoms with Gasteiger partial charge < -0.3 is 4.52 Å². The Balaban J connectivity index is 2.92. The fraction of sp³-hybridized carbons (Fsp3) is 1.00. The summed E-state index contributed by atoms with van der Waals surface area (Å²) in [5.74, 6) is 0. The molecule has 0 aliphatic heterocycles. The summed E-state index contributed by atoms with van der Waals surface area (Å²) in [6.45, 7) is 3.01. The Morgan fingerprint density at radius 1 is 0.600 bits per heavy atom. The summed E-state index contributed by atoms with van der Waals surface area (Å²) in [4.78, 5) is 0. The van der Waals surface area contributed by atoms with Gasteiger partial charge in [0, 0.05) is 0 Å². The first-order chi connectivity index (χ1) is 9.77. The van der Waals surface area contributed by atoms with Crippen molar-refractivity contribution in [3.8, 4) is 0 Å². The van der Waals surface area contributed by atoms with Crippen LogP contribution in [0.15, 0.2) is 0 Å². The van der Waals surface area contributed by atoms with Gasteiger partial charge in [-0.3, -0.25) is 11.0 Å². The predicted octanol–water partition coefficient (Wildman–Crippen LogP) is 5.63. The van der Waals surface area contributed by atoms with Crippen molar-refractivity contribution in [1.29, 1.82) is 0 Å². The van der Waals surface area contributed by atoms with Crippen LogP contribution in [0.4, 0.5) is 0 Å². The summed E-state index contributed by atoms with van der Waals surface area (Å²) in [6.07, 6.45) is 19.3. The van der Waals surface area contributed by atoms with Crippen molar-refractivity contribution in [1.82, 2.24) is 0 Å². The Morgan fingerprint density at radius 2 is 0.950 bits per heavy atom. The average molecular weight is 304 g/mol. The predicted molar refractivity (Wildman–Crippen MR) is 91.6 cm³/mol. The molecule has 20 heavy (non-hydrogen) atoms. The quantitative estimate of drug-likeness (QED) is 0.287. The second-order valence-electron chi connectivity index (χ2n) is 5.79. The zero-order valence-electron chi connectivity index (χ0n) is 13.6. The van der Waals surface area contributed by atoms with Gasteiger partial charge in [-0.2, -0.15) is 0 Å². The molecule has 3 nitrogen and oxygen atoms in total. The Morgan fingerprint density at radius 3 is 1.30 bits per heavy atom. The molecule has 4 heteroatoms. The molecule has 0 aromatic rings. The lowest BCUT2D eigenvalue weighted by molar-refractivity contribution is 0.335. The number of hydrogen-bond acceptors (Lipinski definition) is 3. The van der Waals surface area contributed by atoms with Crippen molar-refractivity contribution < 1.29 is 4.52 Å². The van der Waals surface area contributed by atoms with E-state index < -0.39 is 8.45 Å². The first-order valence-corrected chi connectivity index (χ1v) is 10.1. The molecule has 0 saturated heterocycles. The Bertz CT molecular complexity index is 180. The number of unbranched alkanes of at least 4 members (excludes halogenated alkanes) is 13. The van der Waals surface area contributed by atoms with Gasteiger partial charge in [-0.25, -0.2) is 0 Å². The van der Waals surface area contributed by atoms with Crippen molar-refractivity contribution in [3.63, 3.8) is 0 Å². The highest BCUT2D eigenvalue weighted by Gasteiger charge is 1.96. The molecule has 122 valence electrons. The molecule has 0 aromatic heterocycles. The van der Waals surface area contributed by atoms with Gasteiger partial charge in [-0.15, -0.1) is 0 Å². The van der Waals surface area contributed by atoms with E-state index >= 15 is 0 Å². The second kappa shape index (κ2) is 17.4. The van der Waals surface area contributed by atoms with Crippen LogP contribution in [0, 0.1) is 0 Å². The highest BCUT2D eigenvalue weighted by Crippen LogP contribution is 2.16. The number of nitrogens with two attached hydrogens (primary N) is 2. The fourth-order valence-electron chi connectivity index (χ4n) is 2.47. The number of rotatable bonds is 16. The molecule has 0 amide bonds. The van der Waals surface area contributed by atoms with E-state index in [0.717, 1.165) is 13.0 Å². The monoisotopic (exact) mass is 304 g/mol. The van der Waals surface area contributed by atoms with Gasteiger partial charge in [0.25, 0.3) is 0 Å². The molecule has 0 aliphatic carbocycles. The summed E-state index contributed by atoms with van der Waals surface area (Å²) < 4.78 is 5.17. The largest absolute Gasteiger partial charge is 0.332 e. The average Bonchev–Trinajstić information content (AvgIpc) is 2.43. The smallest absolute Gasteiger partial charge is 0.176 e. The van der Waals surface area contributed by atoms with E-state index in [9.17, 15) is 0 Å². The number of hydrogen-bond donors (Lipinski definition) is 2. The topological polar surface area (TPSA) is 61.3 Å². The van der Waals surface area contributed by atoms with E-state index in [1.54, 1.807) is 0 Å². The lowest BCUT2D eigenvalue weighted by atomic mass is 10.0. The normalized spacial score (nSPS) is 11.4. The summed E-state index contributed by atoms with van der Waals surface area (Å²) in [6, 6.07) is 0. The van der Waals surface area contributed by atoms with Crippen LogP contribution in [0.3, 0.4) is 0 Å². The van der Waals surface area contributed by atoms with E-state index in [1.165, 1.54) is 83.5 Å². The van der Waals surface area contributed by atoms with Crippen LogP contribution in [-0.4, -0.2) is 6.61 Å². The molecule has 0 atom stereocenters. The minimum atomic E-state index is -1.14. The van der Waals surface area contributed by atoms with Gasteiger partial charge in [-0.1, -0.05) is 90.4 Å². The standard InChI is InChI=1S/C16H37N2OP/c1-2-3-4-5-6-7-8-9-10-11-12-13-14-15-16-19-20(17)18/h2-18H2,1H3. The Kier molecular flexibility index (Phi) is 17.6. The van der Waals surface area contributed by atoms with Crippen LogP contribution < -0.4 is 11.0 Å². The van der Waals surface area contributed by atoms with Gasteiger partial charge in [0.1, 0.15) is 0 Å². The summed E-state index contributed by atoms with van der Waals surface area (Å²) in [5, 5.41) is 0. The van der Waals surface area contributed by atoms with E-state index in [0.29, 0.717) is 0 Å². The molecule has 4 N–H and O–H groups in total. The highest BCUT2D eigenvalue weighted by molar-refractivity contribution is 7.47. The SMILES string of the molecule is CCCCCCCCCCCCCCCCOP(N)N. The van der Waals surface area contributed by atoms with E-state index in [-0.39, 0.29) is 0 Å². The Hall–Kier alpha value is 0.310. The third-order valence-electron chi connectivity index (χ3n) is 3.74. The van der Waals surface area contributed by atoms with Crippen molar-refractivity contribution in [2.45, 2.75) is 96.8 Å². The van der Waals surface area contributed by atoms with E-state index in [2.05, 4.69) is 6.92 Å². The Labute approximate surface area is 128 Å². The molecule has 0 unspecified atom stereocenters. The fourth-order valence-corrected chi connectivity index (χ4v) is 2.81. The maximum absolute atomic E-state index is 5.37. The molecular formula is C16H37N2OP. The van der Waals surface area contributed by atoms with Gasteiger partial charge in [0.15, 0.2) is 8.45 Å². The first-order valence-electron chi connectivity index (χ1n) is 8.69. The molecule has 0 aromatic carbocycles. The lowest BCUT2D eigenvalue weighted by Gasteiger charge is -2.06. The van der Waals surface area contributed by atoms with E-state index in [4.69, 9.17) is 15.5 Å². The maximum atomic E-state index is 5.37. The molecule has 0 rings (SSSR count). The van der Waals surface area contributed by atoms with Gasteiger partial charge >= 0.3 is 0 Å². The minimum Gasteiger partial charge on any atom is -0.332 e. The summed E-state index contributed by atoms with van der Waals surface area (Å²) >= 11 is 0. The molecular weight excluding hydrogens is 267 g/mol.